The maximum absolute atomic E-state index is 13.2. The zero-order valence-electron chi connectivity index (χ0n) is 18.6. The van der Waals surface area contributed by atoms with Crippen LogP contribution in [0, 0.1) is 13.8 Å². The van der Waals surface area contributed by atoms with Gasteiger partial charge in [0.1, 0.15) is 11.6 Å². The van der Waals surface area contributed by atoms with Gasteiger partial charge in [0.05, 0.1) is 4.90 Å². The highest BCUT2D eigenvalue weighted by atomic mass is 79.9. The van der Waals surface area contributed by atoms with Gasteiger partial charge in [-0.05, 0) is 62.2 Å². The number of hydrogen-bond acceptors (Lipinski definition) is 5. The standard InChI is InChI=1S/C24H26BrClN4O2S/c1-17-23(16-19-4-8-21(26)9-5-19)24(28-18(2)27-17)29-12-3-13-30(15-14-29)33(31,32)22-10-6-20(25)7-11-22/h4-11H,3,12-16H2,1-2H3. The van der Waals surface area contributed by atoms with Gasteiger partial charge in [-0.1, -0.05) is 39.7 Å². The Morgan fingerprint density at radius 3 is 2.33 bits per heavy atom. The molecular weight excluding hydrogens is 524 g/mol. The smallest absolute Gasteiger partial charge is 0.243 e. The maximum atomic E-state index is 13.2. The third-order valence-electron chi connectivity index (χ3n) is 5.80. The molecule has 9 heteroatoms. The van der Waals surface area contributed by atoms with E-state index >= 15 is 0 Å². The first-order valence-electron chi connectivity index (χ1n) is 10.8. The van der Waals surface area contributed by atoms with Gasteiger partial charge in [-0.15, -0.1) is 0 Å². The normalized spacial score (nSPS) is 15.5. The second-order valence-corrected chi connectivity index (χ2v) is 11.5. The summed E-state index contributed by atoms with van der Waals surface area (Å²) in [5.74, 6) is 1.60. The van der Waals surface area contributed by atoms with Gasteiger partial charge in [0.15, 0.2) is 0 Å². The molecule has 1 aliphatic heterocycles. The van der Waals surface area contributed by atoms with Crippen LogP contribution >= 0.6 is 27.5 Å². The molecule has 0 aliphatic carbocycles. The van der Waals surface area contributed by atoms with Crippen LogP contribution in [0.25, 0.3) is 0 Å². The minimum atomic E-state index is -3.55. The van der Waals surface area contributed by atoms with Crippen molar-refractivity contribution < 1.29 is 8.42 Å². The molecule has 0 saturated carbocycles. The van der Waals surface area contributed by atoms with E-state index in [1.165, 1.54) is 0 Å². The molecule has 0 amide bonds. The Bertz CT molecular complexity index is 1230. The highest BCUT2D eigenvalue weighted by molar-refractivity contribution is 9.10. The lowest BCUT2D eigenvalue weighted by atomic mass is 10.0. The average Bonchev–Trinajstić information content (AvgIpc) is 3.04. The summed E-state index contributed by atoms with van der Waals surface area (Å²) in [6.45, 7) is 6.08. The van der Waals surface area contributed by atoms with Gasteiger partial charge in [-0.3, -0.25) is 0 Å². The van der Waals surface area contributed by atoms with E-state index in [1.807, 2.05) is 38.1 Å². The lowest BCUT2D eigenvalue weighted by Gasteiger charge is -2.26. The lowest BCUT2D eigenvalue weighted by Crippen LogP contribution is -2.35. The van der Waals surface area contributed by atoms with Crippen LogP contribution in [0.5, 0.6) is 0 Å². The molecule has 174 valence electrons. The largest absolute Gasteiger partial charge is 0.355 e. The molecule has 1 fully saturated rings. The number of sulfonamides is 1. The molecule has 0 radical (unpaired) electrons. The van der Waals surface area contributed by atoms with Crippen LogP contribution in [0.15, 0.2) is 57.9 Å². The first kappa shape index (κ1) is 24.1. The Morgan fingerprint density at radius 2 is 1.64 bits per heavy atom. The van der Waals surface area contributed by atoms with Gasteiger partial charge in [-0.25, -0.2) is 18.4 Å². The van der Waals surface area contributed by atoms with Crippen molar-refractivity contribution in [2.24, 2.45) is 0 Å². The fourth-order valence-corrected chi connectivity index (χ4v) is 5.95. The molecule has 4 rings (SSSR count). The molecule has 3 aromatic rings. The minimum absolute atomic E-state index is 0.316. The fraction of sp³-hybridized carbons (Fsp3) is 0.333. The summed E-state index contributed by atoms with van der Waals surface area (Å²) >= 11 is 9.42. The molecule has 33 heavy (non-hydrogen) atoms. The number of benzene rings is 2. The molecule has 2 aromatic carbocycles. The van der Waals surface area contributed by atoms with Crippen molar-refractivity contribution in [3.05, 3.63) is 80.7 Å². The molecule has 0 N–H and O–H groups in total. The van der Waals surface area contributed by atoms with E-state index in [1.54, 1.807) is 28.6 Å². The van der Waals surface area contributed by atoms with Crippen LogP contribution < -0.4 is 4.90 Å². The predicted molar refractivity (Wildman–Crippen MR) is 135 cm³/mol. The second-order valence-electron chi connectivity index (χ2n) is 8.16. The van der Waals surface area contributed by atoms with Gasteiger partial charge < -0.3 is 4.90 Å². The second kappa shape index (κ2) is 10.1. The summed E-state index contributed by atoms with van der Waals surface area (Å²) in [5.41, 5.74) is 3.13. The van der Waals surface area contributed by atoms with Crippen molar-refractivity contribution in [3.8, 4) is 0 Å². The van der Waals surface area contributed by atoms with E-state index in [4.69, 9.17) is 16.6 Å². The summed E-state index contributed by atoms with van der Waals surface area (Å²) in [4.78, 5) is 11.9. The van der Waals surface area contributed by atoms with Crippen LogP contribution in [0.2, 0.25) is 5.02 Å². The van der Waals surface area contributed by atoms with Gasteiger partial charge in [-0.2, -0.15) is 4.31 Å². The highest BCUT2D eigenvalue weighted by Gasteiger charge is 2.28. The van der Waals surface area contributed by atoms with Crippen LogP contribution in [-0.2, 0) is 16.4 Å². The van der Waals surface area contributed by atoms with Crippen molar-refractivity contribution in [1.82, 2.24) is 14.3 Å². The van der Waals surface area contributed by atoms with Crippen molar-refractivity contribution in [3.63, 3.8) is 0 Å². The summed E-state index contributed by atoms with van der Waals surface area (Å²) in [7, 11) is -3.55. The van der Waals surface area contributed by atoms with Crippen LogP contribution in [-0.4, -0.2) is 48.9 Å². The Kier molecular flexibility index (Phi) is 7.38. The van der Waals surface area contributed by atoms with Crippen molar-refractivity contribution >= 4 is 43.4 Å². The third kappa shape index (κ3) is 5.57. The number of aryl methyl sites for hydroxylation is 2. The fourth-order valence-electron chi connectivity index (χ4n) is 4.09. The first-order chi connectivity index (χ1) is 15.7. The van der Waals surface area contributed by atoms with E-state index in [0.717, 1.165) is 40.1 Å². The highest BCUT2D eigenvalue weighted by Crippen LogP contribution is 2.27. The number of halogens is 2. The topological polar surface area (TPSA) is 66.4 Å². The molecule has 0 atom stereocenters. The zero-order valence-corrected chi connectivity index (χ0v) is 21.8. The van der Waals surface area contributed by atoms with Crippen molar-refractivity contribution in [2.75, 3.05) is 31.1 Å². The third-order valence-corrected chi connectivity index (χ3v) is 8.50. The number of rotatable bonds is 5. The number of anilines is 1. The molecule has 0 unspecified atom stereocenters. The van der Waals surface area contributed by atoms with E-state index in [2.05, 4.69) is 25.8 Å². The summed E-state index contributed by atoms with van der Waals surface area (Å²) in [6.07, 6.45) is 1.41. The van der Waals surface area contributed by atoms with Crippen molar-refractivity contribution in [1.29, 1.82) is 0 Å². The van der Waals surface area contributed by atoms with E-state index in [0.29, 0.717) is 41.8 Å². The summed E-state index contributed by atoms with van der Waals surface area (Å²) < 4.78 is 28.8. The molecular formula is C24H26BrClN4O2S. The molecule has 0 spiro atoms. The molecule has 1 saturated heterocycles. The van der Waals surface area contributed by atoms with Gasteiger partial charge in [0.25, 0.3) is 0 Å². The van der Waals surface area contributed by atoms with E-state index in [-0.39, 0.29) is 0 Å². The Labute approximate surface area is 208 Å². The molecule has 2 heterocycles. The predicted octanol–water partition coefficient (Wildman–Crippen LogP) is 5.00. The molecule has 0 bridgehead atoms. The van der Waals surface area contributed by atoms with Gasteiger partial charge >= 0.3 is 0 Å². The quantitative estimate of drug-likeness (QED) is 0.448. The minimum Gasteiger partial charge on any atom is -0.355 e. The Hall–Kier alpha value is -2.00. The van der Waals surface area contributed by atoms with Crippen LogP contribution in [0.1, 0.15) is 29.1 Å². The first-order valence-corrected chi connectivity index (χ1v) is 13.4. The van der Waals surface area contributed by atoms with Gasteiger partial charge in [0, 0.05) is 53.4 Å². The van der Waals surface area contributed by atoms with Crippen LogP contribution in [0.4, 0.5) is 5.82 Å². The molecule has 1 aliphatic rings. The zero-order chi connectivity index (χ0) is 23.6. The number of hydrogen-bond donors (Lipinski definition) is 0. The summed E-state index contributed by atoms with van der Waals surface area (Å²) in [5, 5.41) is 0.704. The monoisotopic (exact) mass is 548 g/mol. The van der Waals surface area contributed by atoms with Crippen LogP contribution in [0.3, 0.4) is 0 Å². The number of nitrogens with zero attached hydrogens (tertiary/aromatic N) is 4. The Morgan fingerprint density at radius 1 is 0.939 bits per heavy atom. The van der Waals surface area contributed by atoms with Gasteiger partial charge in [0.2, 0.25) is 10.0 Å². The Balaban J connectivity index is 1.59. The molecule has 1 aromatic heterocycles. The summed E-state index contributed by atoms with van der Waals surface area (Å²) in [6, 6.07) is 14.6. The van der Waals surface area contributed by atoms with E-state index < -0.39 is 10.0 Å². The number of aromatic nitrogens is 2. The lowest BCUT2D eigenvalue weighted by molar-refractivity contribution is 0.433. The maximum Gasteiger partial charge on any atom is 0.243 e. The SMILES string of the molecule is Cc1nc(C)c(Cc2ccc(Cl)cc2)c(N2CCCN(S(=O)(=O)c3ccc(Br)cc3)CC2)n1. The molecule has 6 nitrogen and oxygen atoms in total. The van der Waals surface area contributed by atoms with E-state index in [9.17, 15) is 8.42 Å². The van der Waals surface area contributed by atoms with Crippen molar-refractivity contribution in [2.45, 2.75) is 31.6 Å². The average molecular weight is 550 g/mol.